The maximum absolute atomic E-state index is 12.7. The Labute approximate surface area is 140 Å². The lowest BCUT2D eigenvalue weighted by Crippen LogP contribution is -2.33. The van der Waals surface area contributed by atoms with Gasteiger partial charge in [-0.3, -0.25) is 14.4 Å². The molecule has 5 nitrogen and oxygen atoms in total. The molecule has 1 aromatic heterocycles. The van der Waals surface area contributed by atoms with Crippen molar-refractivity contribution in [2.75, 3.05) is 0 Å². The second-order valence-corrected chi connectivity index (χ2v) is 5.97. The molecule has 0 bridgehead atoms. The van der Waals surface area contributed by atoms with E-state index in [1.54, 1.807) is 15.7 Å². The molecule has 1 N–H and O–H groups in total. The first kappa shape index (κ1) is 15.4. The number of carbonyl (C=O) groups is 1. The highest BCUT2D eigenvalue weighted by Crippen LogP contribution is 2.26. The largest absolute Gasteiger partial charge is 0.328 e. The lowest BCUT2D eigenvalue weighted by Gasteiger charge is -2.23. The standard InChI is InChI=1S/C17H18N4OS/c1-11-9-14(19-20(11)3)10-15-16(22)21(17(23)18-15)12(2)13-7-5-4-6-8-13/h4-10,12H,1-3H3,(H,18,23)/b15-10-. The average Bonchev–Trinajstić information content (AvgIpc) is 2.99. The molecule has 1 amide bonds. The Kier molecular flexibility index (Phi) is 4.00. The van der Waals surface area contributed by atoms with Gasteiger partial charge in [-0.2, -0.15) is 5.10 Å². The molecule has 1 aliphatic rings. The Morgan fingerprint density at radius 3 is 2.61 bits per heavy atom. The van der Waals surface area contributed by atoms with Crippen LogP contribution in [0, 0.1) is 6.92 Å². The zero-order valence-electron chi connectivity index (χ0n) is 13.3. The van der Waals surface area contributed by atoms with Gasteiger partial charge in [0.25, 0.3) is 5.91 Å². The second-order valence-electron chi connectivity index (χ2n) is 5.58. The van der Waals surface area contributed by atoms with Crippen LogP contribution >= 0.6 is 12.2 Å². The predicted molar refractivity (Wildman–Crippen MR) is 93.4 cm³/mol. The molecule has 2 heterocycles. The first-order valence-corrected chi connectivity index (χ1v) is 7.80. The van der Waals surface area contributed by atoms with Gasteiger partial charge in [0, 0.05) is 12.7 Å². The number of carbonyl (C=O) groups excluding carboxylic acids is 1. The molecule has 1 atom stereocenters. The van der Waals surface area contributed by atoms with Crippen LogP contribution in [0.5, 0.6) is 0 Å². The van der Waals surface area contributed by atoms with Gasteiger partial charge in [-0.15, -0.1) is 0 Å². The van der Waals surface area contributed by atoms with E-state index in [0.717, 1.165) is 17.0 Å². The molecule has 1 aromatic carbocycles. The maximum atomic E-state index is 12.7. The molecule has 0 spiro atoms. The summed E-state index contributed by atoms with van der Waals surface area (Å²) in [7, 11) is 1.87. The van der Waals surface area contributed by atoms with E-state index in [1.807, 2.05) is 57.3 Å². The van der Waals surface area contributed by atoms with Crippen molar-refractivity contribution in [1.82, 2.24) is 20.0 Å². The Morgan fingerprint density at radius 2 is 2.00 bits per heavy atom. The molecule has 1 aliphatic heterocycles. The summed E-state index contributed by atoms with van der Waals surface area (Å²) in [6, 6.07) is 11.6. The summed E-state index contributed by atoms with van der Waals surface area (Å²) in [6.45, 7) is 3.93. The van der Waals surface area contributed by atoms with Crippen LogP contribution in [-0.2, 0) is 11.8 Å². The highest BCUT2D eigenvalue weighted by Gasteiger charge is 2.34. The fraction of sp³-hybridized carbons (Fsp3) is 0.235. The van der Waals surface area contributed by atoms with E-state index in [0.29, 0.717) is 10.8 Å². The van der Waals surface area contributed by atoms with E-state index in [9.17, 15) is 4.79 Å². The third kappa shape index (κ3) is 2.90. The van der Waals surface area contributed by atoms with Crippen molar-refractivity contribution in [3.05, 3.63) is 59.0 Å². The van der Waals surface area contributed by atoms with E-state index >= 15 is 0 Å². The van der Waals surface area contributed by atoms with Crippen molar-refractivity contribution in [2.24, 2.45) is 7.05 Å². The quantitative estimate of drug-likeness (QED) is 0.696. The number of amides is 1. The normalized spacial score (nSPS) is 17.7. The van der Waals surface area contributed by atoms with Crippen LogP contribution in [0.2, 0.25) is 0 Å². The molecule has 1 fully saturated rings. The van der Waals surface area contributed by atoms with Crippen LogP contribution in [0.4, 0.5) is 0 Å². The number of nitrogens with zero attached hydrogens (tertiary/aromatic N) is 3. The van der Waals surface area contributed by atoms with Gasteiger partial charge in [0.05, 0.1) is 11.7 Å². The van der Waals surface area contributed by atoms with Gasteiger partial charge in [-0.1, -0.05) is 30.3 Å². The third-order valence-electron chi connectivity index (χ3n) is 4.00. The summed E-state index contributed by atoms with van der Waals surface area (Å²) < 4.78 is 1.77. The molecule has 6 heteroatoms. The number of rotatable bonds is 3. The molecule has 118 valence electrons. The van der Waals surface area contributed by atoms with E-state index in [4.69, 9.17) is 12.2 Å². The van der Waals surface area contributed by atoms with Crippen molar-refractivity contribution >= 4 is 29.3 Å². The first-order valence-electron chi connectivity index (χ1n) is 7.39. The minimum Gasteiger partial charge on any atom is -0.328 e. The molecular formula is C17H18N4OS. The topological polar surface area (TPSA) is 50.2 Å². The smallest absolute Gasteiger partial charge is 0.277 e. The van der Waals surface area contributed by atoms with Crippen molar-refractivity contribution in [3.63, 3.8) is 0 Å². The first-order chi connectivity index (χ1) is 11.0. The molecule has 0 saturated carbocycles. The van der Waals surface area contributed by atoms with Crippen LogP contribution < -0.4 is 5.32 Å². The molecular weight excluding hydrogens is 308 g/mol. The molecule has 0 radical (unpaired) electrons. The van der Waals surface area contributed by atoms with Gasteiger partial charge in [0.1, 0.15) is 5.70 Å². The minimum atomic E-state index is -0.130. The van der Waals surface area contributed by atoms with E-state index in [-0.39, 0.29) is 11.9 Å². The summed E-state index contributed by atoms with van der Waals surface area (Å²) in [4.78, 5) is 14.3. The lowest BCUT2D eigenvalue weighted by molar-refractivity contribution is -0.123. The number of hydrogen-bond donors (Lipinski definition) is 1. The number of thiocarbonyl (C=S) groups is 1. The third-order valence-corrected chi connectivity index (χ3v) is 4.30. The molecule has 1 saturated heterocycles. The Balaban J connectivity index is 1.88. The number of nitrogens with one attached hydrogen (secondary N) is 1. The van der Waals surface area contributed by atoms with Crippen molar-refractivity contribution in [2.45, 2.75) is 19.9 Å². The summed E-state index contributed by atoms with van der Waals surface area (Å²) in [5, 5.41) is 7.77. The maximum Gasteiger partial charge on any atom is 0.277 e. The summed E-state index contributed by atoms with van der Waals surface area (Å²) in [6.07, 6.45) is 1.74. The molecule has 0 aliphatic carbocycles. The molecule has 1 unspecified atom stereocenters. The summed E-state index contributed by atoms with van der Waals surface area (Å²) in [5.74, 6) is -0.130. The van der Waals surface area contributed by atoms with Crippen molar-refractivity contribution < 1.29 is 4.79 Å². The number of benzene rings is 1. The van der Waals surface area contributed by atoms with Crippen LogP contribution in [0.3, 0.4) is 0 Å². The van der Waals surface area contributed by atoms with E-state index in [2.05, 4.69) is 10.4 Å². The lowest BCUT2D eigenvalue weighted by atomic mass is 10.1. The van der Waals surface area contributed by atoms with Gasteiger partial charge in [-0.25, -0.2) is 0 Å². The van der Waals surface area contributed by atoms with Crippen LogP contribution in [0.1, 0.15) is 29.9 Å². The van der Waals surface area contributed by atoms with Crippen LogP contribution in [0.15, 0.2) is 42.1 Å². The van der Waals surface area contributed by atoms with Gasteiger partial charge in [0.15, 0.2) is 5.11 Å². The highest BCUT2D eigenvalue weighted by molar-refractivity contribution is 7.80. The average molecular weight is 326 g/mol. The molecule has 2 aromatic rings. The Bertz CT molecular complexity index is 775. The second kappa shape index (κ2) is 5.96. The minimum absolute atomic E-state index is 0.125. The van der Waals surface area contributed by atoms with Gasteiger partial charge in [0.2, 0.25) is 0 Å². The van der Waals surface area contributed by atoms with Crippen LogP contribution in [0.25, 0.3) is 6.08 Å². The van der Waals surface area contributed by atoms with Crippen molar-refractivity contribution in [3.8, 4) is 0 Å². The highest BCUT2D eigenvalue weighted by atomic mass is 32.1. The zero-order chi connectivity index (χ0) is 16.6. The summed E-state index contributed by atoms with van der Waals surface area (Å²) >= 11 is 5.35. The fourth-order valence-corrected chi connectivity index (χ4v) is 2.94. The molecule has 3 rings (SSSR count). The van der Waals surface area contributed by atoms with Gasteiger partial charge < -0.3 is 5.32 Å². The van der Waals surface area contributed by atoms with E-state index in [1.165, 1.54) is 0 Å². The van der Waals surface area contributed by atoms with E-state index < -0.39 is 0 Å². The predicted octanol–water partition coefficient (Wildman–Crippen LogP) is 2.55. The Morgan fingerprint density at radius 1 is 1.30 bits per heavy atom. The van der Waals surface area contributed by atoms with Gasteiger partial charge >= 0.3 is 0 Å². The molecule has 23 heavy (non-hydrogen) atoms. The fourth-order valence-electron chi connectivity index (χ4n) is 2.59. The number of hydrogen-bond acceptors (Lipinski definition) is 3. The number of aromatic nitrogens is 2. The number of aryl methyl sites for hydroxylation is 2. The Hall–Kier alpha value is -2.47. The van der Waals surface area contributed by atoms with Crippen molar-refractivity contribution in [1.29, 1.82) is 0 Å². The van der Waals surface area contributed by atoms with Gasteiger partial charge in [-0.05, 0) is 43.8 Å². The summed E-state index contributed by atoms with van der Waals surface area (Å²) in [5.41, 5.74) is 3.26. The monoisotopic (exact) mass is 326 g/mol. The SMILES string of the molecule is Cc1cc(/C=C2\NC(=S)N(C(C)c3ccccc3)C2=O)nn1C. The zero-order valence-corrected chi connectivity index (χ0v) is 14.1. The van der Waals surface area contributed by atoms with Crippen LogP contribution in [-0.4, -0.2) is 25.7 Å².